The van der Waals surface area contributed by atoms with Gasteiger partial charge in [0.15, 0.2) is 11.5 Å². The van der Waals surface area contributed by atoms with E-state index in [1.165, 1.54) is 16.6 Å². The van der Waals surface area contributed by atoms with E-state index in [-0.39, 0.29) is 6.10 Å². The maximum Gasteiger partial charge on any atom is 0.161 e. The Morgan fingerprint density at radius 1 is 1.06 bits per heavy atom. The molecular formula is C26H33N3O2. The van der Waals surface area contributed by atoms with E-state index in [2.05, 4.69) is 51.6 Å². The van der Waals surface area contributed by atoms with E-state index in [0.29, 0.717) is 12.6 Å². The van der Waals surface area contributed by atoms with Gasteiger partial charge in [-0.05, 0) is 63.4 Å². The van der Waals surface area contributed by atoms with Crippen LogP contribution in [0.2, 0.25) is 0 Å². The molecule has 5 heteroatoms. The van der Waals surface area contributed by atoms with Gasteiger partial charge in [-0.15, -0.1) is 0 Å². The molecule has 0 saturated carbocycles. The van der Waals surface area contributed by atoms with Crippen LogP contribution in [0, 0.1) is 0 Å². The maximum absolute atomic E-state index is 5.89. The van der Waals surface area contributed by atoms with Crippen LogP contribution in [0.15, 0.2) is 54.7 Å². The normalized spacial score (nSPS) is 15.4. The van der Waals surface area contributed by atoms with Gasteiger partial charge in [-0.25, -0.2) is 0 Å². The Morgan fingerprint density at radius 3 is 2.65 bits per heavy atom. The Balaban J connectivity index is 1.35. The fraction of sp³-hybridized carbons (Fsp3) is 0.423. The molecule has 1 aliphatic heterocycles. The molecule has 0 aliphatic carbocycles. The first-order chi connectivity index (χ1) is 15.1. The van der Waals surface area contributed by atoms with Crippen molar-refractivity contribution in [3.8, 4) is 11.5 Å². The minimum absolute atomic E-state index is 0.133. The lowest BCUT2D eigenvalue weighted by molar-refractivity contribution is 0.209. The van der Waals surface area contributed by atoms with Crippen LogP contribution >= 0.6 is 0 Å². The summed E-state index contributed by atoms with van der Waals surface area (Å²) in [5, 5.41) is 4.95. The standard InChI is InChI=1S/C26H33N3O2/c1-4-30-26-17-20(9-10-25(26)31-19(2)3)18-29-15-12-21(13-16-29)28-24-11-14-27-23-8-6-5-7-22(23)24/h5-11,14,17,19,21H,4,12-13,15-16,18H2,1-3H3,(H,27,28). The molecule has 31 heavy (non-hydrogen) atoms. The van der Waals surface area contributed by atoms with Crippen molar-refractivity contribution in [2.24, 2.45) is 0 Å². The molecule has 1 saturated heterocycles. The Labute approximate surface area is 185 Å². The van der Waals surface area contributed by atoms with Crippen molar-refractivity contribution in [3.05, 3.63) is 60.3 Å². The van der Waals surface area contributed by atoms with E-state index in [0.717, 1.165) is 49.5 Å². The number of fused-ring (bicyclic) bond motifs is 1. The number of rotatable bonds is 8. The third-order valence-corrected chi connectivity index (χ3v) is 5.67. The molecule has 1 aromatic heterocycles. The average Bonchev–Trinajstić information content (AvgIpc) is 2.77. The molecule has 0 atom stereocenters. The summed E-state index contributed by atoms with van der Waals surface area (Å²) in [6.45, 7) is 9.82. The van der Waals surface area contributed by atoms with Crippen molar-refractivity contribution in [2.75, 3.05) is 25.0 Å². The SMILES string of the molecule is CCOc1cc(CN2CCC(Nc3ccnc4ccccc34)CC2)ccc1OC(C)C. The molecule has 0 unspecified atom stereocenters. The van der Waals surface area contributed by atoms with Crippen molar-refractivity contribution in [3.63, 3.8) is 0 Å². The van der Waals surface area contributed by atoms with Crippen LogP contribution in [-0.2, 0) is 6.54 Å². The Bertz CT molecular complexity index is 992. The van der Waals surface area contributed by atoms with Crippen molar-refractivity contribution >= 4 is 16.6 Å². The van der Waals surface area contributed by atoms with Crippen LogP contribution in [0.4, 0.5) is 5.69 Å². The van der Waals surface area contributed by atoms with Gasteiger partial charge in [0.2, 0.25) is 0 Å². The van der Waals surface area contributed by atoms with Gasteiger partial charge in [0.1, 0.15) is 0 Å². The summed E-state index contributed by atoms with van der Waals surface area (Å²) < 4.78 is 11.7. The van der Waals surface area contributed by atoms with E-state index in [1.807, 2.05) is 39.1 Å². The number of para-hydroxylation sites is 1. The van der Waals surface area contributed by atoms with Crippen LogP contribution in [0.5, 0.6) is 11.5 Å². The first-order valence-corrected chi connectivity index (χ1v) is 11.4. The molecule has 5 nitrogen and oxygen atoms in total. The predicted octanol–water partition coefficient (Wildman–Crippen LogP) is 5.50. The first-order valence-electron chi connectivity index (χ1n) is 11.4. The van der Waals surface area contributed by atoms with Gasteiger partial charge in [-0.2, -0.15) is 0 Å². The van der Waals surface area contributed by atoms with Crippen molar-refractivity contribution in [1.82, 2.24) is 9.88 Å². The van der Waals surface area contributed by atoms with E-state index >= 15 is 0 Å². The highest BCUT2D eigenvalue weighted by Gasteiger charge is 2.20. The lowest BCUT2D eigenvalue weighted by atomic mass is 10.0. The minimum Gasteiger partial charge on any atom is -0.490 e. The summed E-state index contributed by atoms with van der Waals surface area (Å²) >= 11 is 0. The molecule has 2 aromatic carbocycles. The van der Waals surface area contributed by atoms with Crippen LogP contribution in [0.25, 0.3) is 10.9 Å². The number of piperidine rings is 1. The predicted molar refractivity (Wildman–Crippen MR) is 127 cm³/mol. The van der Waals surface area contributed by atoms with Gasteiger partial charge in [-0.1, -0.05) is 24.3 Å². The number of likely N-dealkylation sites (tertiary alicyclic amines) is 1. The molecule has 3 aromatic rings. The second-order valence-corrected chi connectivity index (χ2v) is 8.45. The molecule has 1 aliphatic rings. The lowest BCUT2D eigenvalue weighted by Gasteiger charge is -2.33. The molecule has 164 valence electrons. The fourth-order valence-corrected chi connectivity index (χ4v) is 4.21. The number of nitrogens with one attached hydrogen (secondary N) is 1. The molecule has 1 fully saturated rings. The molecule has 1 N–H and O–H groups in total. The smallest absolute Gasteiger partial charge is 0.161 e. The van der Waals surface area contributed by atoms with Gasteiger partial charge >= 0.3 is 0 Å². The summed E-state index contributed by atoms with van der Waals surface area (Å²) in [5.74, 6) is 1.67. The number of nitrogens with zero attached hydrogens (tertiary/aromatic N) is 2. The lowest BCUT2D eigenvalue weighted by Crippen LogP contribution is -2.38. The quantitative estimate of drug-likeness (QED) is 0.523. The Morgan fingerprint density at radius 2 is 1.87 bits per heavy atom. The fourth-order valence-electron chi connectivity index (χ4n) is 4.21. The van der Waals surface area contributed by atoms with Crippen LogP contribution in [0.3, 0.4) is 0 Å². The summed E-state index contributed by atoms with van der Waals surface area (Å²) in [7, 11) is 0. The van der Waals surface area contributed by atoms with Crippen LogP contribution in [-0.4, -0.2) is 41.7 Å². The zero-order valence-electron chi connectivity index (χ0n) is 18.8. The molecule has 0 radical (unpaired) electrons. The van der Waals surface area contributed by atoms with Crippen molar-refractivity contribution in [2.45, 2.75) is 52.3 Å². The molecule has 0 spiro atoms. The second kappa shape index (κ2) is 10.0. The third kappa shape index (κ3) is 5.47. The number of hydrogen-bond acceptors (Lipinski definition) is 5. The molecule has 4 rings (SSSR count). The van der Waals surface area contributed by atoms with Gasteiger partial charge in [0.05, 0.1) is 18.2 Å². The van der Waals surface area contributed by atoms with E-state index in [4.69, 9.17) is 9.47 Å². The van der Waals surface area contributed by atoms with Gasteiger partial charge in [0, 0.05) is 42.9 Å². The third-order valence-electron chi connectivity index (χ3n) is 5.67. The average molecular weight is 420 g/mol. The van der Waals surface area contributed by atoms with Crippen LogP contribution < -0.4 is 14.8 Å². The number of hydrogen-bond donors (Lipinski definition) is 1. The molecule has 0 bridgehead atoms. The summed E-state index contributed by atoms with van der Waals surface area (Å²) in [6.07, 6.45) is 4.28. The van der Waals surface area contributed by atoms with Gasteiger partial charge in [0.25, 0.3) is 0 Å². The maximum atomic E-state index is 5.89. The van der Waals surface area contributed by atoms with Crippen molar-refractivity contribution in [1.29, 1.82) is 0 Å². The Hall–Kier alpha value is -2.79. The number of anilines is 1. The number of aromatic nitrogens is 1. The number of benzene rings is 2. The van der Waals surface area contributed by atoms with Gasteiger partial charge < -0.3 is 14.8 Å². The summed E-state index contributed by atoms with van der Waals surface area (Å²) in [6, 6.07) is 17.2. The van der Waals surface area contributed by atoms with Crippen LogP contribution in [0.1, 0.15) is 39.2 Å². The highest BCUT2D eigenvalue weighted by molar-refractivity contribution is 5.90. The molecular weight excluding hydrogens is 386 g/mol. The Kier molecular flexibility index (Phi) is 6.92. The van der Waals surface area contributed by atoms with E-state index < -0.39 is 0 Å². The number of ether oxygens (including phenoxy) is 2. The number of pyridine rings is 1. The zero-order chi connectivity index (χ0) is 21.6. The molecule has 0 amide bonds. The highest BCUT2D eigenvalue weighted by atomic mass is 16.5. The van der Waals surface area contributed by atoms with Crippen molar-refractivity contribution < 1.29 is 9.47 Å². The van der Waals surface area contributed by atoms with Gasteiger partial charge in [-0.3, -0.25) is 9.88 Å². The van der Waals surface area contributed by atoms with E-state index in [1.54, 1.807) is 0 Å². The largest absolute Gasteiger partial charge is 0.490 e. The molecule has 2 heterocycles. The highest BCUT2D eigenvalue weighted by Crippen LogP contribution is 2.30. The van der Waals surface area contributed by atoms with E-state index in [9.17, 15) is 0 Å². The first kappa shape index (κ1) is 21.4. The topological polar surface area (TPSA) is 46.6 Å². The monoisotopic (exact) mass is 419 g/mol. The minimum atomic E-state index is 0.133. The summed E-state index contributed by atoms with van der Waals surface area (Å²) in [4.78, 5) is 6.99. The zero-order valence-corrected chi connectivity index (χ0v) is 18.8. The summed E-state index contributed by atoms with van der Waals surface area (Å²) in [5.41, 5.74) is 3.50. The second-order valence-electron chi connectivity index (χ2n) is 8.45.